The van der Waals surface area contributed by atoms with E-state index in [0.717, 1.165) is 11.1 Å². The maximum absolute atomic E-state index is 5.52. The van der Waals surface area contributed by atoms with Gasteiger partial charge in [-0.2, -0.15) is 0 Å². The molecule has 0 aliphatic heterocycles. The van der Waals surface area contributed by atoms with Crippen molar-refractivity contribution in [1.29, 1.82) is 0 Å². The molecule has 0 aliphatic rings. The zero-order chi connectivity index (χ0) is 14.5. The number of nitrogens with zero attached hydrogens (tertiary/aromatic N) is 3. The highest BCUT2D eigenvalue weighted by Gasteiger charge is 2.10. The quantitative estimate of drug-likeness (QED) is 0.638. The number of hydrogen-bond acceptors (Lipinski definition) is 4. The molecule has 0 saturated heterocycles. The van der Waals surface area contributed by atoms with Crippen molar-refractivity contribution < 1.29 is 4.42 Å². The minimum Gasteiger partial charge on any atom is -0.410 e. The van der Waals surface area contributed by atoms with E-state index >= 15 is 0 Å². The molecule has 2 aromatic heterocycles. The van der Waals surface area contributed by atoms with Crippen LogP contribution >= 0.6 is 0 Å². The Hall–Kier alpha value is -3.37. The van der Waals surface area contributed by atoms with Crippen LogP contribution in [-0.2, 0) is 0 Å². The third-order valence-electron chi connectivity index (χ3n) is 2.71. The molecule has 0 fully saturated rings. The first-order valence-corrected chi connectivity index (χ1v) is 6.18. The van der Waals surface area contributed by atoms with E-state index in [4.69, 9.17) is 10.8 Å². The van der Waals surface area contributed by atoms with E-state index in [2.05, 4.69) is 32.9 Å². The zero-order valence-electron chi connectivity index (χ0n) is 10.9. The van der Waals surface area contributed by atoms with Crippen molar-refractivity contribution in [3.05, 3.63) is 65.8 Å². The summed E-state index contributed by atoms with van der Waals surface area (Å²) in [4.78, 5) is 3.98. The number of rotatable bonds is 1. The first kappa shape index (κ1) is 12.7. The average Bonchev–Trinajstić information content (AvgIpc) is 3.02. The maximum Gasteiger partial charge on any atom is 0.294 e. The second-order valence-corrected chi connectivity index (χ2v) is 4.09. The number of terminal acetylenes is 1. The third-order valence-corrected chi connectivity index (χ3v) is 2.71. The largest absolute Gasteiger partial charge is 0.410 e. The second-order valence-electron chi connectivity index (χ2n) is 4.09. The summed E-state index contributed by atoms with van der Waals surface area (Å²) < 4.78 is 5.52. The Morgan fingerprint density at radius 1 is 1.00 bits per heavy atom. The molecule has 1 aromatic carbocycles. The SMILES string of the molecule is C#Cc1ccccc1-c1nnc(C#Cc2cccnc2)o1. The smallest absolute Gasteiger partial charge is 0.294 e. The molecule has 0 aliphatic carbocycles. The van der Waals surface area contributed by atoms with Crippen molar-refractivity contribution in [3.63, 3.8) is 0 Å². The number of benzene rings is 1. The van der Waals surface area contributed by atoms with E-state index in [-0.39, 0.29) is 5.89 Å². The predicted octanol–water partition coefficient (Wildman–Crippen LogP) is 2.51. The number of aromatic nitrogens is 3. The summed E-state index contributed by atoms with van der Waals surface area (Å²) >= 11 is 0. The van der Waals surface area contributed by atoms with Crippen LogP contribution in [0.3, 0.4) is 0 Å². The van der Waals surface area contributed by atoms with Gasteiger partial charge in [0.15, 0.2) is 0 Å². The van der Waals surface area contributed by atoms with Gasteiger partial charge in [-0.15, -0.1) is 11.5 Å². The zero-order valence-corrected chi connectivity index (χ0v) is 10.9. The van der Waals surface area contributed by atoms with Crippen molar-refractivity contribution in [3.8, 4) is 35.6 Å². The van der Waals surface area contributed by atoms with Crippen molar-refractivity contribution in [2.45, 2.75) is 0 Å². The number of pyridine rings is 1. The van der Waals surface area contributed by atoms with Crippen LogP contribution in [0.5, 0.6) is 0 Å². The summed E-state index contributed by atoms with van der Waals surface area (Å²) in [6.07, 6.45) is 8.81. The first-order chi connectivity index (χ1) is 10.4. The highest BCUT2D eigenvalue weighted by atomic mass is 16.4. The lowest BCUT2D eigenvalue weighted by molar-refractivity contribution is 0.554. The molecule has 0 bridgehead atoms. The van der Waals surface area contributed by atoms with Crippen LogP contribution in [0.15, 0.2) is 53.2 Å². The summed E-state index contributed by atoms with van der Waals surface area (Å²) in [6.45, 7) is 0. The minimum absolute atomic E-state index is 0.237. The van der Waals surface area contributed by atoms with Gasteiger partial charge in [-0.1, -0.05) is 29.1 Å². The Labute approximate surface area is 121 Å². The van der Waals surface area contributed by atoms with E-state index in [9.17, 15) is 0 Å². The van der Waals surface area contributed by atoms with Crippen LogP contribution in [0.25, 0.3) is 11.5 Å². The molecule has 3 aromatic rings. The molecule has 0 saturated carbocycles. The van der Waals surface area contributed by atoms with Gasteiger partial charge in [0.05, 0.1) is 5.56 Å². The molecular weight excluding hydrogens is 262 g/mol. The summed E-state index contributed by atoms with van der Waals surface area (Å²) in [7, 11) is 0. The highest BCUT2D eigenvalue weighted by molar-refractivity contribution is 5.63. The van der Waals surface area contributed by atoms with Crippen LogP contribution in [0.2, 0.25) is 0 Å². The summed E-state index contributed by atoms with van der Waals surface area (Å²) in [5.41, 5.74) is 2.20. The molecule has 0 unspecified atom stereocenters. The van der Waals surface area contributed by atoms with E-state index in [1.165, 1.54) is 0 Å². The Morgan fingerprint density at radius 2 is 1.90 bits per heavy atom. The summed E-state index contributed by atoms with van der Waals surface area (Å²) in [5.74, 6) is 8.90. The van der Waals surface area contributed by atoms with Gasteiger partial charge in [0, 0.05) is 23.5 Å². The van der Waals surface area contributed by atoms with Crippen molar-refractivity contribution in [2.24, 2.45) is 0 Å². The monoisotopic (exact) mass is 271 g/mol. The Bertz CT molecular complexity index is 864. The summed E-state index contributed by atoms with van der Waals surface area (Å²) in [6, 6.07) is 11.0. The fraction of sp³-hybridized carbons (Fsp3) is 0. The molecule has 21 heavy (non-hydrogen) atoms. The van der Waals surface area contributed by atoms with Gasteiger partial charge in [-0.3, -0.25) is 4.98 Å². The molecule has 0 radical (unpaired) electrons. The molecule has 0 atom stereocenters. The molecule has 4 heteroatoms. The van der Waals surface area contributed by atoms with Gasteiger partial charge in [-0.25, -0.2) is 0 Å². The van der Waals surface area contributed by atoms with E-state index < -0.39 is 0 Å². The van der Waals surface area contributed by atoms with Crippen LogP contribution in [0, 0.1) is 24.2 Å². The van der Waals surface area contributed by atoms with Crippen LogP contribution < -0.4 is 0 Å². The number of hydrogen-bond donors (Lipinski definition) is 0. The van der Waals surface area contributed by atoms with Gasteiger partial charge in [0.2, 0.25) is 5.89 Å². The Balaban J connectivity index is 1.91. The molecule has 2 heterocycles. The highest BCUT2D eigenvalue weighted by Crippen LogP contribution is 2.21. The molecule has 0 spiro atoms. The minimum atomic E-state index is 0.237. The van der Waals surface area contributed by atoms with Crippen molar-refractivity contribution in [1.82, 2.24) is 15.2 Å². The van der Waals surface area contributed by atoms with Gasteiger partial charge >= 0.3 is 0 Å². The second kappa shape index (κ2) is 5.73. The lowest BCUT2D eigenvalue weighted by Crippen LogP contribution is -1.83. The molecule has 98 valence electrons. The fourth-order valence-electron chi connectivity index (χ4n) is 1.74. The summed E-state index contributed by atoms with van der Waals surface area (Å²) in [5, 5.41) is 7.88. The van der Waals surface area contributed by atoms with Crippen molar-refractivity contribution >= 4 is 0 Å². The van der Waals surface area contributed by atoms with Crippen molar-refractivity contribution in [2.75, 3.05) is 0 Å². The molecule has 0 amide bonds. The van der Waals surface area contributed by atoms with Gasteiger partial charge in [0.1, 0.15) is 0 Å². The van der Waals surface area contributed by atoms with Gasteiger partial charge in [-0.05, 0) is 30.2 Å². The van der Waals surface area contributed by atoms with Gasteiger partial charge in [0.25, 0.3) is 5.89 Å². The van der Waals surface area contributed by atoms with Crippen LogP contribution in [0.1, 0.15) is 17.0 Å². The molecular formula is C17H9N3O. The molecule has 0 N–H and O–H groups in total. The Morgan fingerprint density at radius 3 is 2.71 bits per heavy atom. The molecule has 4 nitrogen and oxygen atoms in total. The van der Waals surface area contributed by atoms with Gasteiger partial charge < -0.3 is 4.42 Å². The van der Waals surface area contributed by atoms with E-state index in [0.29, 0.717) is 11.5 Å². The predicted molar refractivity (Wildman–Crippen MR) is 77.9 cm³/mol. The first-order valence-electron chi connectivity index (χ1n) is 6.18. The Kier molecular flexibility index (Phi) is 3.45. The van der Waals surface area contributed by atoms with Crippen LogP contribution in [0.4, 0.5) is 0 Å². The van der Waals surface area contributed by atoms with E-state index in [1.807, 2.05) is 36.4 Å². The van der Waals surface area contributed by atoms with Crippen LogP contribution in [-0.4, -0.2) is 15.2 Å². The lowest BCUT2D eigenvalue weighted by Gasteiger charge is -1.97. The van der Waals surface area contributed by atoms with E-state index in [1.54, 1.807) is 12.4 Å². The lowest BCUT2D eigenvalue weighted by atomic mass is 10.1. The standard InChI is InChI=1S/C17H9N3O/c1-2-14-7-3-4-8-15(14)17-20-19-16(21-17)10-9-13-6-5-11-18-12-13/h1,3-8,11-12H. The molecule has 3 rings (SSSR count). The maximum atomic E-state index is 5.52. The average molecular weight is 271 g/mol. The normalized spacial score (nSPS) is 9.48. The topological polar surface area (TPSA) is 51.8 Å². The third kappa shape index (κ3) is 2.80. The fourth-order valence-corrected chi connectivity index (χ4v) is 1.74.